The summed E-state index contributed by atoms with van der Waals surface area (Å²) in [5.74, 6) is 0.664. The van der Waals surface area contributed by atoms with E-state index in [0.29, 0.717) is 31.0 Å². The number of hydrogen-bond acceptors (Lipinski definition) is 4. The average Bonchev–Trinajstić information content (AvgIpc) is 3.29. The van der Waals surface area contributed by atoms with Crippen LogP contribution in [0.25, 0.3) is 0 Å². The van der Waals surface area contributed by atoms with Gasteiger partial charge in [0.15, 0.2) is 0 Å². The quantitative estimate of drug-likeness (QED) is 0.609. The first-order chi connectivity index (χ1) is 16.4. The summed E-state index contributed by atoms with van der Waals surface area (Å²) in [7, 11) is 0. The van der Waals surface area contributed by atoms with Gasteiger partial charge in [-0.15, -0.1) is 0 Å². The molecule has 0 bridgehead atoms. The van der Waals surface area contributed by atoms with Crippen LogP contribution in [0.4, 0.5) is 0 Å². The van der Waals surface area contributed by atoms with E-state index in [1.165, 1.54) is 5.56 Å². The van der Waals surface area contributed by atoms with E-state index in [1.54, 1.807) is 11.8 Å². The first kappa shape index (κ1) is 24.0. The third kappa shape index (κ3) is 5.16. The zero-order valence-corrected chi connectivity index (χ0v) is 20.5. The molecule has 0 aromatic heterocycles. The van der Waals surface area contributed by atoms with Gasteiger partial charge in [-0.3, -0.25) is 9.59 Å². The van der Waals surface area contributed by atoms with Crippen LogP contribution >= 0.6 is 0 Å². The fourth-order valence-corrected chi connectivity index (χ4v) is 4.93. The van der Waals surface area contributed by atoms with Crippen molar-refractivity contribution in [3.8, 4) is 0 Å². The number of likely N-dealkylation sites (N-methyl/N-ethyl adjacent to an activating group) is 1. The van der Waals surface area contributed by atoms with E-state index in [-0.39, 0.29) is 11.8 Å². The fraction of sp³-hybridized carbons (Fsp3) is 0.464. The fourth-order valence-electron chi connectivity index (χ4n) is 4.93. The second kappa shape index (κ2) is 10.4. The van der Waals surface area contributed by atoms with E-state index in [4.69, 9.17) is 4.84 Å². The van der Waals surface area contributed by atoms with Crippen LogP contribution in [0.3, 0.4) is 0 Å². The Balaban J connectivity index is 1.32. The molecule has 0 N–H and O–H groups in total. The van der Waals surface area contributed by atoms with Crippen molar-refractivity contribution in [3.05, 3.63) is 71.3 Å². The van der Waals surface area contributed by atoms with Gasteiger partial charge in [-0.1, -0.05) is 47.6 Å². The van der Waals surface area contributed by atoms with Crippen LogP contribution < -0.4 is 0 Å². The summed E-state index contributed by atoms with van der Waals surface area (Å²) < 4.78 is 0. The normalized spacial score (nSPS) is 20.6. The van der Waals surface area contributed by atoms with E-state index in [1.807, 2.05) is 49.1 Å². The Morgan fingerprint density at radius 1 is 1.03 bits per heavy atom. The number of carbonyl (C=O) groups is 2. The van der Waals surface area contributed by atoms with Crippen LogP contribution in [0.2, 0.25) is 0 Å². The highest BCUT2D eigenvalue weighted by atomic mass is 16.7. The van der Waals surface area contributed by atoms with Crippen molar-refractivity contribution >= 4 is 17.5 Å². The molecule has 4 rings (SSSR count). The molecule has 34 heavy (non-hydrogen) atoms. The molecule has 2 aliphatic heterocycles. The predicted molar refractivity (Wildman–Crippen MR) is 134 cm³/mol. The summed E-state index contributed by atoms with van der Waals surface area (Å²) in [4.78, 5) is 35.2. The maximum atomic E-state index is 13.1. The molecule has 1 fully saturated rings. The molecule has 2 aliphatic rings. The van der Waals surface area contributed by atoms with Crippen molar-refractivity contribution in [1.82, 2.24) is 9.80 Å². The van der Waals surface area contributed by atoms with Gasteiger partial charge in [0.05, 0.1) is 5.71 Å². The lowest BCUT2D eigenvalue weighted by atomic mass is 9.90. The smallest absolute Gasteiger partial charge is 0.269 e. The topological polar surface area (TPSA) is 62.2 Å². The Kier molecular flexibility index (Phi) is 7.35. The molecule has 2 amide bonds. The minimum Gasteiger partial charge on any atom is -0.379 e. The summed E-state index contributed by atoms with van der Waals surface area (Å²) >= 11 is 0. The third-order valence-corrected chi connectivity index (χ3v) is 7.10. The highest BCUT2D eigenvalue weighted by molar-refractivity contribution is 6.06. The summed E-state index contributed by atoms with van der Waals surface area (Å²) in [6.07, 6.45) is 3.57. The van der Waals surface area contributed by atoms with E-state index >= 15 is 0 Å². The van der Waals surface area contributed by atoms with Crippen molar-refractivity contribution in [2.24, 2.45) is 11.1 Å². The van der Waals surface area contributed by atoms with Gasteiger partial charge >= 0.3 is 0 Å². The number of nitrogens with zero attached hydrogens (tertiary/aromatic N) is 3. The minimum atomic E-state index is -0.972. The zero-order chi connectivity index (χ0) is 24.1. The van der Waals surface area contributed by atoms with Crippen LogP contribution in [0.1, 0.15) is 61.5 Å². The second-order valence-electron chi connectivity index (χ2n) is 9.52. The first-order valence-corrected chi connectivity index (χ1v) is 12.4. The summed E-state index contributed by atoms with van der Waals surface area (Å²) in [6.45, 7) is 8.60. The molecule has 1 atom stereocenters. The number of piperidine rings is 1. The molecule has 6 heteroatoms. The maximum absolute atomic E-state index is 13.1. The number of likely N-dealkylation sites (tertiary alicyclic amines) is 1. The minimum absolute atomic E-state index is 0.0429. The van der Waals surface area contributed by atoms with Crippen LogP contribution in [0, 0.1) is 5.92 Å². The van der Waals surface area contributed by atoms with Gasteiger partial charge in [0.1, 0.15) is 0 Å². The molecular formula is C28H35N3O3. The summed E-state index contributed by atoms with van der Waals surface area (Å²) in [5, 5.41) is 4.21. The number of hydrogen-bond donors (Lipinski definition) is 0. The molecule has 2 aromatic carbocycles. The molecule has 2 heterocycles. The van der Waals surface area contributed by atoms with Gasteiger partial charge in [0, 0.05) is 38.2 Å². The molecular weight excluding hydrogens is 426 g/mol. The van der Waals surface area contributed by atoms with Gasteiger partial charge in [-0.25, -0.2) is 0 Å². The number of benzene rings is 2. The monoisotopic (exact) mass is 461 g/mol. The number of amides is 2. The Morgan fingerprint density at radius 3 is 2.29 bits per heavy atom. The van der Waals surface area contributed by atoms with Crippen molar-refractivity contribution in [2.45, 2.75) is 52.1 Å². The highest BCUT2D eigenvalue weighted by Gasteiger charge is 2.44. The van der Waals surface area contributed by atoms with Crippen LogP contribution in [-0.4, -0.2) is 59.1 Å². The molecule has 180 valence electrons. The largest absolute Gasteiger partial charge is 0.379 e. The van der Waals surface area contributed by atoms with E-state index in [9.17, 15) is 9.59 Å². The highest BCUT2D eigenvalue weighted by Crippen LogP contribution is 2.29. The van der Waals surface area contributed by atoms with Gasteiger partial charge in [-0.2, -0.15) is 0 Å². The number of rotatable bonds is 7. The number of oxime groups is 1. The van der Waals surface area contributed by atoms with Gasteiger partial charge in [-0.05, 0) is 69.2 Å². The Labute approximate surface area is 202 Å². The van der Waals surface area contributed by atoms with Crippen molar-refractivity contribution < 1.29 is 14.4 Å². The average molecular weight is 462 g/mol. The summed E-state index contributed by atoms with van der Waals surface area (Å²) in [6, 6.07) is 18.1. The Hall–Kier alpha value is -3.15. The molecule has 0 spiro atoms. The molecule has 0 radical (unpaired) electrons. The molecule has 6 nitrogen and oxygen atoms in total. The van der Waals surface area contributed by atoms with Crippen LogP contribution in [0.5, 0.6) is 0 Å². The van der Waals surface area contributed by atoms with Crippen molar-refractivity contribution in [3.63, 3.8) is 0 Å². The van der Waals surface area contributed by atoms with Crippen LogP contribution in [-0.2, 0) is 16.1 Å². The predicted octanol–water partition coefficient (Wildman–Crippen LogP) is 4.53. The third-order valence-electron chi connectivity index (χ3n) is 7.10. The lowest BCUT2D eigenvalue weighted by molar-refractivity contribution is -0.152. The van der Waals surface area contributed by atoms with E-state index in [2.05, 4.69) is 29.4 Å². The standard InChI is InChI=1S/C28H35N3O3/c1-4-30(5-2)27(33)28(3)20-25(29-34-28)23-11-13-24(14-12-23)26(32)31-17-15-22(16-18-31)19-21-9-7-6-8-10-21/h6-14,22H,4-5,15-20H2,1-3H3. The first-order valence-electron chi connectivity index (χ1n) is 12.4. The van der Waals surface area contributed by atoms with E-state index in [0.717, 1.165) is 43.6 Å². The zero-order valence-electron chi connectivity index (χ0n) is 20.5. The maximum Gasteiger partial charge on any atom is 0.269 e. The SMILES string of the molecule is CCN(CC)C(=O)C1(C)CC(c2ccc(C(=O)N3CCC(Cc4ccccc4)CC3)cc2)=NO1. The molecule has 2 aromatic rings. The second-order valence-corrected chi connectivity index (χ2v) is 9.52. The molecule has 0 saturated carbocycles. The van der Waals surface area contributed by atoms with Gasteiger partial charge in [0.25, 0.3) is 11.8 Å². The molecule has 0 aliphatic carbocycles. The lowest BCUT2D eigenvalue weighted by Gasteiger charge is -2.32. The van der Waals surface area contributed by atoms with Crippen LogP contribution in [0.15, 0.2) is 59.8 Å². The van der Waals surface area contributed by atoms with Crippen molar-refractivity contribution in [1.29, 1.82) is 0 Å². The Morgan fingerprint density at radius 2 is 1.68 bits per heavy atom. The van der Waals surface area contributed by atoms with Gasteiger partial charge in [0.2, 0.25) is 5.60 Å². The molecule has 1 unspecified atom stereocenters. The van der Waals surface area contributed by atoms with E-state index < -0.39 is 5.60 Å². The number of carbonyl (C=O) groups excluding carboxylic acids is 2. The molecule has 1 saturated heterocycles. The Bertz CT molecular complexity index is 1020. The van der Waals surface area contributed by atoms with Gasteiger partial charge < -0.3 is 14.6 Å². The van der Waals surface area contributed by atoms with Crippen molar-refractivity contribution in [2.75, 3.05) is 26.2 Å². The lowest BCUT2D eigenvalue weighted by Crippen LogP contribution is -2.47. The summed E-state index contributed by atoms with van der Waals surface area (Å²) in [5.41, 5.74) is 2.71.